The molecular formula is C29H44F3N5O8. The number of nitrogens with one attached hydrogen (secondary N) is 3. The first-order valence-corrected chi connectivity index (χ1v) is 14.1. The lowest BCUT2D eigenvalue weighted by molar-refractivity contribution is -0.188. The molecule has 1 aromatic carbocycles. The van der Waals surface area contributed by atoms with Crippen LogP contribution in [0.15, 0.2) is 24.3 Å². The lowest BCUT2D eigenvalue weighted by atomic mass is 9.99. The van der Waals surface area contributed by atoms with Crippen molar-refractivity contribution in [3.05, 3.63) is 35.4 Å². The number of nitrogens with two attached hydrogens (primary N) is 2. The number of hydrogen-bond acceptors (Lipinski definition) is 9. The standard InChI is InChI=1S/C27H40F3N5O6.C2H4O2/c1-2-3-4-7-23(36)33-12-5-14-39-16-18-41-19-17-40-15-6-13-34-24(37)20-35-25(38)21-8-10-22(11-9-21)26(31,32)27(28,29)30;1-2(3)4/h1,8-11H,3-7,12-20,31-32H2,(H,33,36)(H,34,37)(H,35,38);1H3,(H,3,4). The molecule has 1 rings (SSSR count). The fraction of sp³-hybridized carbons (Fsp3) is 0.586. The number of carbonyl (C=O) groups is 4. The van der Waals surface area contributed by atoms with E-state index in [0.717, 1.165) is 31.2 Å². The second kappa shape index (κ2) is 23.6. The molecule has 0 radical (unpaired) electrons. The Morgan fingerprint density at radius 1 is 0.822 bits per heavy atom. The van der Waals surface area contributed by atoms with E-state index in [9.17, 15) is 27.6 Å². The number of carbonyl (C=O) groups excluding carboxylic acids is 3. The molecule has 45 heavy (non-hydrogen) atoms. The van der Waals surface area contributed by atoms with Crippen molar-refractivity contribution in [2.45, 2.75) is 50.9 Å². The van der Waals surface area contributed by atoms with Gasteiger partial charge in [0.15, 0.2) is 5.66 Å². The highest BCUT2D eigenvalue weighted by molar-refractivity contribution is 5.96. The third kappa shape index (κ3) is 20.8. The molecule has 0 saturated heterocycles. The minimum absolute atomic E-state index is 0.00953. The summed E-state index contributed by atoms with van der Waals surface area (Å²) in [4.78, 5) is 44.5. The van der Waals surface area contributed by atoms with Crippen LogP contribution >= 0.6 is 0 Å². The molecule has 0 aliphatic heterocycles. The van der Waals surface area contributed by atoms with Gasteiger partial charge < -0.3 is 46.7 Å². The van der Waals surface area contributed by atoms with Gasteiger partial charge in [-0.1, -0.05) is 12.1 Å². The van der Waals surface area contributed by atoms with E-state index in [1.807, 2.05) is 0 Å². The average Bonchev–Trinajstić information content (AvgIpc) is 2.97. The van der Waals surface area contributed by atoms with Crippen LogP contribution in [0.2, 0.25) is 0 Å². The van der Waals surface area contributed by atoms with Crippen LogP contribution in [0.5, 0.6) is 0 Å². The Bertz CT molecular complexity index is 1060. The van der Waals surface area contributed by atoms with Crippen LogP contribution in [-0.2, 0) is 34.3 Å². The summed E-state index contributed by atoms with van der Waals surface area (Å²) >= 11 is 0. The van der Waals surface area contributed by atoms with Crippen molar-refractivity contribution in [2.75, 3.05) is 59.3 Å². The Morgan fingerprint density at radius 3 is 1.76 bits per heavy atom. The van der Waals surface area contributed by atoms with E-state index in [4.69, 9.17) is 42.0 Å². The predicted octanol–water partition coefficient (Wildman–Crippen LogP) is 1.01. The number of hydrogen-bond donors (Lipinski definition) is 6. The summed E-state index contributed by atoms with van der Waals surface area (Å²) in [6.45, 7) is 4.20. The van der Waals surface area contributed by atoms with Crippen LogP contribution in [0.1, 0.15) is 54.9 Å². The Kier molecular flexibility index (Phi) is 21.6. The average molecular weight is 648 g/mol. The normalized spacial score (nSPS) is 11.0. The van der Waals surface area contributed by atoms with Gasteiger partial charge in [0.2, 0.25) is 11.8 Å². The molecule has 0 aromatic heterocycles. The molecule has 0 atom stereocenters. The number of carboxylic acids is 1. The van der Waals surface area contributed by atoms with Crippen molar-refractivity contribution >= 4 is 23.7 Å². The molecule has 3 amide bonds. The largest absolute Gasteiger partial charge is 0.481 e. The van der Waals surface area contributed by atoms with Gasteiger partial charge in [0.05, 0.1) is 33.0 Å². The summed E-state index contributed by atoms with van der Waals surface area (Å²) in [5.41, 5.74) is 6.91. The highest BCUT2D eigenvalue weighted by atomic mass is 19.4. The first-order chi connectivity index (χ1) is 21.2. The van der Waals surface area contributed by atoms with Crippen molar-refractivity contribution in [3.63, 3.8) is 0 Å². The van der Waals surface area contributed by atoms with E-state index in [1.54, 1.807) is 0 Å². The first kappa shape index (κ1) is 41.2. The second-order valence-corrected chi connectivity index (χ2v) is 9.45. The number of halogens is 3. The monoisotopic (exact) mass is 647 g/mol. The van der Waals surface area contributed by atoms with Crippen molar-refractivity contribution in [3.8, 4) is 12.3 Å². The zero-order chi connectivity index (χ0) is 34.1. The quantitative estimate of drug-likeness (QED) is 0.0635. The molecule has 0 bridgehead atoms. The third-order valence-corrected chi connectivity index (χ3v) is 5.55. The Morgan fingerprint density at radius 2 is 1.29 bits per heavy atom. The number of ether oxygens (including phenoxy) is 3. The van der Waals surface area contributed by atoms with E-state index in [2.05, 4.69) is 21.9 Å². The Balaban J connectivity index is 0.00000454. The lowest BCUT2D eigenvalue weighted by Crippen LogP contribution is -2.57. The van der Waals surface area contributed by atoms with E-state index >= 15 is 0 Å². The van der Waals surface area contributed by atoms with Gasteiger partial charge in [0, 0.05) is 51.6 Å². The lowest BCUT2D eigenvalue weighted by Gasteiger charge is -2.27. The summed E-state index contributed by atoms with van der Waals surface area (Å²) in [6, 6.07) is 4.32. The topological polar surface area (TPSA) is 204 Å². The summed E-state index contributed by atoms with van der Waals surface area (Å²) in [5, 5.41) is 15.2. The molecule has 0 fully saturated rings. The molecule has 0 aliphatic rings. The number of benzene rings is 1. The Labute approximate surface area is 260 Å². The van der Waals surface area contributed by atoms with Gasteiger partial charge in [-0.05, 0) is 37.0 Å². The number of terminal acetylenes is 1. The molecule has 0 unspecified atom stereocenters. The number of carboxylic acid groups (broad SMARTS) is 1. The molecule has 1 aromatic rings. The highest BCUT2D eigenvalue weighted by Crippen LogP contribution is 2.32. The van der Waals surface area contributed by atoms with Crippen molar-refractivity contribution in [2.24, 2.45) is 11.5 Å². The second-order valence-electron chi connectivity index (χ2n) is 9.45. The number of aliphatic carboxylic acids is 1. The van der Waals surface area contributed by atoms with Crippen molar-refractivity contribution in [1.82, 2.24) is 16.0 Å². The van der Waals surface area contributed by atoms with Crippen LogP contribution in [0.3, 0.4) is 0 Å². The molecule has 0 saturated carbocycles. The van der Waals surface area contributed by atoms with Gasteiger partial charge in [-0.15, -0.1) is 12.3 Å². The van der Waals surface area contributed by atoms with Crippen LogP contribution in [-0.4, -0.2) is 94.2 Å². The van der Waals surface area contributed by atoms with Gasteiger partial charge in [-0.25, -0.2) is 0 Å². The summed E-state index contributed by atoms with van der Waals surface area (Å²) in [6.07, 6.45) is 3.24. The number of unbranched alkanes of at least 4 members (excludes halogenated alkanes) is 1. The fourth-order valence-corrected chi connectivity index (χ4v) is 3.17. The molecule has 8 N–H and O–H groups in total. The Hall–Kier alpha value is -3.75. The number of rotatable bonds is 21. The SMILES string of the molecule is C#CCCCC(=O)NCCCOCCOCCOCCCNC(=O)CNC(=O)c1ccc(C(N)(N)C(F)(F)F)cc1.CC(=O)O. The van der Waals surface area contributed by atoms with Crippen molar-refractivity contribution in [1.29, 1.82) is 0 Å². The van der Waals surface area contributed by atoms with Gasteiger partial charge in [-0.2, -0.15) is 13.2 Å². The maximum Gasteiger partial charge on any atom is 0.423 e. The van der Waals surface area contributed by atoms with E-state index < -0.39 is 35.2 Å². The summed E-state index contributed by atoms with van der Waals surface area (Å²) in [5.74, 6) is 0.588. The molecule has 0 spiro atoms. The van der Waals surface area contributed by atoms with Crippen LogP contribution in [0.25, 0.3) is 0 Å². The maximum atomic E-state index is 12.9. The predicted molar refractivity (Wildman–Crippen MR) is 159 cm³/mol. The van der Waals surface area contributed by atoms with E-state index in [-0.39, 0.29) is 18.0 Å². The maximum absolute atomic E-state index is 12.9. The van der Waals surface area contributed by atoms with Crippen molar-refractivity contribution < 1.29 is 51.7 Å². The van der Waals surface area contributed by atoms with Gasteiger partial charge >= 0.3 is 6.18 Å². The molecule has 0 heterocycles. The first-order valence-electron chi connectivity index (χ1n) is 14.1. The fourth-order valence-electron chi connectivity index (χ4n) is 3.17. The minimum atomic E-state index is -4.87. The third-order valence-electron chi connectivity index (χ3n) is 5.55. The number of amides is 3. The number of alkyl halides is 3. The summed E-state index contributed by atoms with van der Waals surface area (Å²) in [7, 11) is 0. The molecular weight excluding hydrogens is 603 g/mol. The van der Waals surface area contributed by atoms with Gasteiger partial charge in [-0.3, -0.25) is 19.2 Å². The van der Waals surface area contributed by atoms with Gasteiger partial charge in [0.25, 0.3) is 11.9 Å². The smallest absolute Gasteiger partial charge is 0.423 e. The highest BCUT2D eigenvalue weighted by Gasteiger charge is 2.50. The molecule has 0 aliphatic carbocycles. The van der Waals surface area contributed by atoms with Gasteiger partial charge in [0.1, 0.15) is 0 Å². The minimum Gasteiger partial charge on any atom is -0.481 e. The van der Waals surface area contributed by atoms with Crippen LogP contribution < -0.4 is 27.4 Å². The zero-order valence-corrected chi connectivity index (χ0v) is 25.4. The summed E-state index contributed by atoms with van der Waals surface area (Å²) < 4.78 is 55.0. The molecule has 254 valence electrons. The zero-order valence-electron chi connectivity index (χ0n) is 25.4. The van der Waals surface area contributed by atoms with Crippen LogP contribution in [0.4, 0.5) is 13.2 Å². The molecule has 16 heteroatoms. The van der Waals surface area contributed by atoms with E-state index in [1.165, 1.54) is 0 Å². The molecule has 13 nitrogen and oxygen atoms in total. The van der Waals surface area contributed by atoms with E-state index in [0.29, 0.717) is 84.8 Å². The van der Waals surface area contributed by atoms with Crippen LogP contribution in [0, 0.1) is 12.3 Å².